The van der Waals surface area contributed by atoms with Crippen molar-refractivity contribution in [3.63, 3.8) is 0 Å². The summed E-state index contributed by atoms with van der Waals surface area (Å²) < 4.78 is 62.8. The Morgan fingerprint density at radius 2 is 1.47 bits per heavy atom. The molecule has 1 aromatic rings. The minimum absolute atomic E-state index is 0.300. The molecule has 1 nitrogen and oxygen atoms in total. The van der Waals surface area contributed by atoms with Gasteiger partial charge in [-0.1, -0.05) is 6.07 Å². The molecule has 0 fully saturated rings. The van der Waals surface area contributed by atoms with E-state index in [1.807, 2.05) is 0 Å². The quantitative estimate of drug-likeness (QED) is 0.730. The third-order valence-corrected chi connectivity index (χ3v) is 2.00. The summed E-state index contributed by atoms with van der Waals surface area (Å²) >= 11 is 0. The molecule has 0 heterocycles. The molecule has 84 valence electrons. The predicted molar refractivity (Wildman–Crippen MR) is 42.0 cm³/mol. The lowest BCUT2D eigenvalue weighted by Gasteiger charge is -2.27. The van der Waals surface area contributed by atoms with Crippen molar-refractivity contribution in [2.24, 2.45) is 0 Å². The number of hydrogen-bond donors (Lipinski definition) is 1. The number of hydrogen-bond acceptors (Lipinski definition) is 1. The van der Waals surface area contributed by atoms with Crippen LogP contribution in [-0.2, 0) is 5.60 Å². The predicted octanol–water partition coefficient (Wildman–Crippen LogP) is 2.73. The number of halogens is 5. The van der Waals surface area contributed by atoms with E-state index >= 15 is 0 Å². The smallest absolute Gasteiger partial charge is 0.376 e. The lowest BCUT2D eigenvalue weighted by atomic mass is 9.94. The topological polar surface area (TPSA) is 20.2 Å². The molecule has 1 N–H and O–H groups in total. The molecule has 0 amide bonds. The first kappa shape index (κ1) is 11.9. The monoisotopic (exact) mass is 226 g/mol. The molecule has 1 rings (SSSR count). The second-order valence-electron chi connectivity index (χ2n) is 3.17. The first-order valence-corrected chi connectivity index (χ1v) is 3.91. The number of benzene rings is 1. The van der Waals surface area contributed by atoms with Crippen LogP contribution >= 0.6 is 0 Å². The molecule has 1 aromatic carbocycles. The van der Waals surface area contributed by atoms with Gasteiger partial charge >= 0.3 is 6.18 Å². The molecule has 0 saturated carbocycles. The highest BCUT2D eigenvalue weighted by Gasteiger charge is 2.53. The van der Waals surface area contributed by atoms with Gasteiger partial charge in [0.15, 0.2) is 5.60 Å². The second kappa shape index (κ2) is 3.44. The van der Waals surface area contributed by atoms with Crippen LogP contribution < -0.4 is 0 Å². The van der Waals surface area contributed by atoms with E-state index in [0.717, 1.165) is 6.07 Å². The number of aliphatic hydroxyl groups is 1. The van der Waals surface area contributed by atoms with Crippen molar-refractivity contribution >= 4 is 0 Å². The Labute approximate surface area is 82.1 Å². The van der Waals surface area contributed by atoms with E-state index in [0.29, 0.717) is 19.1 Å². The highest BCUT2D eigenvalue weighted by molar-refractivity contribution is 5.27. The molecule has 0 radical (unpaired) electrons. The molecule has 6 heteroatoms. The molecule has 0 aliphatic carbocycles. The first-order chi connectivity index (χ1) is 6.68. The fourth-order valence-electron chi connectivity index (χ4n) is 1.10. The molecule has 1 unspecified atom stereocenters. The van der Waals surface area contributed by atoms with Gasteiger partial charge in [0.2, 0.25) is 0 Å². The van der Waals surface area contributed by atoms with Crippen molar-refractivity contribution in [2.75, 3.05) is 0 Å². The summed E-state index contributed by atoms with van der Waals surface area (Å²) in [6.45, 7) is 0.300. The molecule has 0 saturated heterocycles. The average molecular weight is 226 g/mol. The van der Waals surface area contributed by atoms with Crippen molar-refractivity contribution < 1.29 is 27.1 Å². The lowest BCUT2D eigenvalue weighted by molar-refractivity contribution is -0.260. The molecular formula is C9H7F5O. The first-order valence-electron chi connectivity index (χ1n) is 3.91. The van der Waals surface area contributed by atoms with Gasteiger partial charge in [-0.2, -0.15) is 13.2 Å². The summed E-state index contributed by atoms with van der Waals surface area (Å²) in [5, 5.41) is 9.08. The van der Waals surface area contributed by atoms with Gasteiger partial charge in [-0.05, 0) is 19.1 Å². The molecular weight excluding hydrogens is 219 g/mol. The number of alkyl halides is 3. The molecule has 0 aliphatic heterocycles. The highest BCUT2D eigenvalue weighted by Crippen LogP contribution is 2.40. The van der Waals surface area contributed by atoms with E-state index < -0.39 is 29.0 Å². The third-order valence-electron chi connectivity index (χ3n) is 2.00. The number of rotatable bonds is 1. The van der Waals surface area contributed by atoms with Crippen LogP contribution in [0.25, 0.3) is 0 Å². The van der Waals surface area contributed by atoms with E-state index in [4.69, 9.17) is 5.11 Å². The van der Waals surface area contributed by atoms with Crippen LogP contribution in [0.1, 0.15) is 12.5 Å². The van der Waals surface area contributed by atoms with Gasteiger partial charge in [-0.25, -0.2) is 8.78 Å². The molecule has 0 aliphatic rings. The van der Waals surface area contributed by atoms with Crippen molar-refractivity contribution in [3.05, 3.63) is 35.4 Å². The Bertz CT molecular complexity index is 349. The van der Waals surface area contributed by atoms with Gasteiger partial charge in [0, 0.05) is 0 Å². The van der Waals surface area contributed by atoms with Gasteiger partial charge in [0.25, 0.3) is 0 Å². The SMILES string of the molecule is CC(O)(c1c(F)cccc1F)C(F)(F)F. The summed E-state index contributed by atoms with van der Waals surface area (Å²) in [6, 6.07) is 2.22. The van der Waals surface area contributed by atoms with Crippen LogP contribution in [0, 0.1) is 11.6 Å². The fraction of sp³-hybridized carbons (Fsp3) is 0.333. The lowest BCUT2D eigenvalue weighted by Crippen LogP contribution is -2.40. The van der Waals surface area contributed by atoms with Gasteiger partial charge in [0.05, 0.1) is 5.56 Å². The fourth-order valence-corrected chi connectivity index (χ4v) is 1.10. The summed E-state index contributed by atoms with van der Waals surface area (Å²) in [5.74, 6) is -2.87. The maximum absolute atomic E-state index is 13.0. The standard InChI is InChI=1S/C9H7F5O/c1-8(15,9(12,13)14)7-5(10)3-2-4-6(7)11/h2-4,15H,1H3. The largest absolute Gasteiger partial charge is 0.421 e. The van der Waals surface area contributed by atoms with E-state index in [2.05, 4.69) is 0 Å². The van der Waals surface area contributed by atoms with Crippen molar-refractivity contribution in [1.82, 2.24) is 0 Å². The minimum atomic E-state index is -5.14. The molecule has 15 heavy (non-hydrogen) atoms. The van der Waals surface area contributed by atoms with E-state index in [1.54, 1.807) is 0 Å². The van der Waals surface area contributed by atoms with E-state index in [-0.39, 0.29) is 0 Å². The zero-order valence-corrected chi connectivity index (χ0v) is 7.57. The van der Waals surface area contributed by atoms with Crippen molar-refractivity contribution in [1.29, 1.82) is 0 Å². The maximum atomic E-state index is 13.0. The molecule has 0 spiro atoms. The van der Waals surface area contributed by atoms with Crippen LogP contribution in [0.5, 0.6) is 0 Å². The van der Waals surface area contributed by atoms with Crippen LogP contribution in [0.3, 0.4) is 0 Å². The Kier molecular flexibility index (Phi) is 2.73. The van der Waals surface area contributed by atoms with Gasteiger partial charge in [-0.15, -0.1) is 0 Å². The summed E-state index contributed by atoms with van der Waals surface area (Å²) in [7, 11) is 0. The van der Waals surface area contributed by atoms with Crippen molar-refractivity contribution in [3.8, 4) is 0 Å². The average Bonchev–Trinajstić information content (AvgIpc) is 2.00. The minimum Gasteiger partial charge on any atom is -0.376 e. The van der Waals surface area contributed by atoms with E-state index in [9.17, 15) is 22.0 Å². The Hall–Kier alpha value is -1.17. The van der Waals surface area contributed by atoms with Crippen LogP contribution in [0.2, 0.25) is 0 Å². The summed E-state index contributed by atoms with van der Waals surface area (Å²) in [6.07, 6.45) is -5.14. The molecule has 0 aromatic heterocycles. The summed E-state index contributed by atoms with van der Waals surface area (Å²) in [5.41, 5.74) is -4.93. The zero-order chi connectivity index (χ0) is 11.9. The van der Waals surface area contributed by atoms with Crippen LogP contribution in [0.15, 0.2) is 18.2 Å². The molecule has 0 bridgehead atoms. The maximum Gasteiger partial charge on any atom is 0.421 e. The summed E-state index contributed by atoms with van der Waals surface area (Å²) in [4.78, 5) is 0. The van der Waals surface area contributed by atoms with Gasteiger partial charge in [-0.3, -0.25) is 0 Å². The highest BCUT2D eigenvalue weighted by atomic mass is 19.4. The van der Waals surface area contributed by atoms with Crippen LogP contribution in [0.4, 0.5) is 22.0 Å². The van der Waals surface area contributed by atoms with Gasteiger partial charge < -0.3 is 5.11 Å². The van der Waals surface area contributed by atoms with Crippen molar-refractivity contribution in [2.45, 2.75) is 18.7 Å². The normalized spacial score (nSPS) is 16.2. The Balaban J connectivity index is 3.39. The van der Waals surface area contributed by atoms with Crippen LogP contribution in [-0.4, -0.2) is 11.3 Å². The Morgan fingerprint density at radius 3 is 1.80 bits per heavy atom. The zero-order valence-electron chi connectivity index (χ0n) is 7.57. The second-order valence-corrected chi connectivity index (χ2v) is 3.17. The van der Waals surface area contributed by atoms with E-state index in [1.165, 1.54) is 0 Å². The molecule has 1 atom stereocenters. The third kappa shape index (κ3) is 1.94. The Morgan fingerprint density at radius 1 is 1.07 bits per heavy atom. The van der Waals surface area contributed by atoms with Gasteiger partial charge in [0.1, 0.15) is 11.6 Å².